The first-order valence-electron chi connectivity index (χ1n) is 6.65. The van der Waals surface area contributed by atoms with Crippen molar-refractivity contribution in [2.75, 3.05) is 4.90 Å². The van der Waals surface area contributed by atoms with Gasteiger partial charge in [-0.3, -0.25) is 4.79 Å². The van der Waals surface area contributed by atoms with E-state index in [1.165, 1.54) is 16.8 Å². The summed E-state index contributed by atoms with van der Waals surface area (Å²) in [5.41, 5.74) is 5.19. The standard InChI is InChI=1S/C17H15NO/c1-11-7-8-12-10-17(2)16(19)13-5-3-4-6-14(13)18(17)15(12)9-11/h3-9H,10H2,1-2H3. The third kappa shape index (κ3) is 1.19. The fourth-order valence-corrected chi connectivity index (χ4v) is 3.48. The number of aryl methyl sites for hydroxylation is 1. The van der Waals surface area contributed by atoms with Gasteiger partial charge < -0.3 is 4.90 Å². The Kier molecular flexibility index (Phi) is 1.86. The molecule has 2 aliphatic rings. The van der Waals surface area contributed by atoms with Crippen LogP contribution in [0.3, 0.4) is 0 Å². The summed E-state index contributed by atoms with van der Waals surface area (Å²) in [5, 5.41) is 0. The zero-order chi connectivity index (χ0) is 13.2. The van der Waals surface area contributed by atoms with Crippen LogP contribution in [-0.2, 0) is 6.42 Å². The summed E-state index contributed by atoms with van der Waals surface area (Å²) in [4.78, 5) is 14.9. The lowest BCUT2D eigenvalue weighted by molar-refractivity contribution is 0.0923. The molecule has 4 rings (SSSR count). The van der Waals surface area contributed by atoms with E-state index in [2.05, 4.69) is 43.0 Å². The van der Waals surface area contributed by atoms with Crippen molar-refractivity contribution in [1.82, 2.24) is 0 Å². The largest absolute Gasteiger partial charge is 0.327 e. The second-order valence-electron chi connectivity index (χ2n) is 5.76. The van der Waals surface area contributed by atoms with Gasteiger partial charge in [-0.15, -0.1) is 0 Å². The summed E-state index contributed by atoms with van der Waals surface area (Å²) in [7, 11) is 0. The molecule has 0 N–H and O–H groups in total. The predicted octanol–water partition coefficient (Wildman–Crippen LogP) is 3.64. The Balaban J connectivity index is 2.03. The number of rotatable bonds is 0. The normalized spacial score (nSPS) is 23.3. The van der Waals surface area contributed by atoms with Crippen LogP contribution in [0.25, 0.3) is 0 Å². The van der Waals surface area contributed by atoms with Crippen LogP contribution in [0, 0.1) is 6.92 Å². The van der Waals surface area contributed by atoms with Crippen molar-refractivity contribution < 1.29 is 4.79 Å². The van der Waals surface area contributed by atoms with Crippen molar-refractivity contribution in [2.45, 2.75) is 25.8 Å². The SMILES string of the molecule is Cc1ccc2c(c1)N1c3ccccc3C(=O)C1(C)C2. The summed E-state index contributed by atoms with van der Waals surface area (Å²) in [5.74, 6) is 0.247. The number of carbonyl (C=O) groups is 1. The molecule has 0 bridgehead atoms. The number of nitrogens with zero attached hydrogens (tertiary/aromatic N) is 1. The Morgan fingerprint density at radius 1 is 1.11 bits per heavy atom. The number of carbonyl (C=O) groups excluding carboxylic acids is 1. The van der Waals surface area contributed by atoms with Crippen molar-refractivity contribution in [3.63, 3.8) is 0 Å². The minimum absolute atomic E-state index is 0.247. The summed E-state index contributed by atoms with van der Waals surface area (Å²) in [6, 6.07) is 14.4. The molecule has 0 amide bonds. The number of hydrogen-bond donors (Lipinski definition) is 0. The molecule has 1 atom stereocenters. The van der Waals surface area contributed by atoms with Crippen LogP contribution in [0.4, 0.5) is 11.4 Å². The lowest BCUT2D eigenvalue weighted by Gasteiger charge is -2.28. The van der Waals surface area contributed by atoms with E-state index in [1.807, 2.05) is 18.2 Å². The van der Waals surface area contributed by atoms with Crippen LogP contribution in [0.5, 0.6) is 0 Å². The van der Waals surface area contributed by atoms with Gasteiger partial charge in [0, 0.05) is 17.7 Å². The number of benzene rings is 2. The van der Waals surface area contributed by atoms with Crippen LogP contribution in [-0.4, -0.2) is 11.3 Å². The molecule has 0 spiro atoms. The Morgan fingerprint density at radius 2 is 1.89 bits per heavy atom. The highest BCUT2D eigenvalue weighted by molar-refractivity contribution is 6.17. The molecule has 0 saturated heterocycles. The molecule has 19 heavy (non-hydrogen) atoms. The Hall–Kier alpha value is -2.09. The molecular formula is C17H15NO. The van der Waals surface area contributed by atoms with Gasteiger partial charge in [-0.2, -0.15) is 0 Å². The molecule has 2 aliphatic heterocycles. The van der Waals surface area contributed by atoms with Crippen LogP contribution < -0.4 is 4.90 Å². The summed E-state index contributed by atoms with van der Waals surface area (Å²) < 4.78 is 0. The molecule has 1 unspecified atom stereocenters. The van der Waals surface area contributed by atoms with Crippen molar-refractivity contribution in [2.24, 2.45) is 0 Å². The topological polar surface area (TPSA) is 20.3 Å². The number of fused-ring (bicyclic) bond motifs is 5. The lowest BCUT2D eigenvalue weighted by Crippen LogP contribution is -2.42. The molecule has 2 heterocycles. The predicted molar refractivity (Wildman–Crippen MR) is 76.2 cm³/mol. The first-order chi connectivity index (χ1) is 9.11. The summed E-state index contributed by atoms with van der Waals surface area (Å²) >= 11 is 0. The fourth-order valence-electron chi connectivity index (χ4n) is 3.48. The summed E-state index contributed by atoms with van der Waals surface area (Å²) in [6.45, 7) is 4.16. The number of ketones is 1. The van der Waals surface area contributed by atoms with Gasteiger partial charge in [0.2, 0.25) is 0 Å². The van der Waals surface area contributed by atoms with Gasteiger partial charge in [0.15, 0.2) is 5.78 Å². The maximum absolute atomic E-state index is 12.7. The monoisotopic (exact) mass is 249 g/mol. The van der Waals surface area contributed by atoms with Crippen molar-refractivity contribution in [3.05, 3.63) is 59.2 Å². The second kappa shape index (κ2) is 3.27. The molecule has 0 radical (unpaired) electrons. The van der Waals surface area contributed by atoms with Crippen LogP contribution in [0.1, 0.15) is 28.4 Å². The molecule has 0 aromatic heterocycles. The molecule has 2 nitrogen and oxygen atoms in total. The van der Waals surface area contributed by atoms with E-state index in [0.29, 0.717) is 0 Å². The third-order valence-corrected chi connectivity index (χ3v) is 4.39. The van der Waals surface area contributed by atoms with Crippen LogP contribution in [0.15, 0.2) is 42.5 Å². The molecular weight excluding hydrogens is 234 g/mol. The van der Waals surface area contributed by atoms with E-state index in [9.17, 15) is 4.79 Å². The van der Waals surface area contributed by atoms with Crippen molar-refractivity contribution in [3.8, 4) is 0 Å². The van der Waals surface area contributed by atoms with E-state index in [-0.39, 0.29) is 5.78 Å². The van der Waals surface area contributed by atoms with Gasteiger partial charge in [0.25, 0.3) is 0 Å². The first-order valence-corrected chi connectivity index (χ1v) is 6.65. The molecule has 2 aromatic rings. The van der Waals surface area contributed by atoms with E-state index in [0.717, 1.165) is 17.7 Å². The molecule has 2 aromatic carbocycles. The lowest BCUT2D eigenvalue weighted by atomic mass is 9.91. The maximum atomic E-state index is 12.7. The minimum Gasteiger partial charge on any atom is -0.327 e. The van der Waals surface area contributed by atoms with Gasteiger partial charge >= 0.3 is 0 Å². The Labute approximate surface area is 112 Å². The Bertz CT molecular complexity index is 719. The smallest absolute Gasteiger partial charge is 0.190 e. The maximum Gasteiger partial charge on any atom is 0.190 e. The number of para-hydroxylation sites is 1. The minimum atomic E-state index is -0.431. The molecule has 0 aliphatic carbocycles. The van der Waals surface area contributed by atoms with E-state index >= 15 is 0 Å². The van der Waals surface area contributed by atoms with Gasteiger partial charge in [0.05, 0.1) is 5.69 Å². The second-order valence-corrected chi connectivity index (χ2v) is 5.76. The van der Waals surface area contributed by atoms with Gasteiger partial charge in [-0.05, 0) is 43.2 Å². The molecule has 2 heteroatoms. The average molecular weight is 249 g/mol. The van der Waals surface area contributed by atoms with Crippen molar-refractivity contribution in [1.29, 1.82) is 0 Å². The average Bonchev–Trinajstić information content (AvgIpc) is 2.81. The van der Waals surface area contributed by atoms with E-state index in [4.69, 9.17) is 0 Å². The molecule has 94 valence electrons. The zero-order valence-electron chi connectivity index (χ0n) is 11.1. The quantitative estimate of drug-likeness (QED) is 0.710. The Morgan fingerprint density at radius 3 is 2.74 bits per heavy atom. The van der Waals surface area contributed by atoms with Crippen molar-refractivity contribution >= 4 is 17.2 Å². The van der Waals surface area contributed by atoms with Gasteiger partial charge in [-0.25, -0.2) is 0 Å². The van der Waals surface area contributed by atoms with Gasteiger partial charge in [0.1, 0.15) is 5.54 Å². The van der Waals surface area contributed by atoms with Gasteiger partial charge in [-0.1, -0.05) is 24.3 Å². The van der Waals surface area contributed by atoms with Crippen LogP contribution >= 0.6 is 0 Å². The highest BCUT2D eigenvalue weighted by atomic mass is 16.1. The van der Waals surface area contributed by atoms with Crippen LogP contribution in [0.2, 0.25) is 0 Å². The number of hydrogen-bond acceptors (Lipinski definition) is 2. The number of Topliss-reactive ketones (excluding diaryl/α,β-unsaturated/α-hetero) is 1. The first kappa shape index (κ1) is 10.8. The molecule has 0 fully saturated rings. The highest BCUT2D eigenvalue weighted by Gasteiger charge is 2.52. The van der Waals surface area contributed by atoms with E-state index in [1.54, 1.807) is 0 Å². The highest BCUT2D eigenvalue weighted by Crippen LogP contribution is 2.51. The fraction of sp³-hybridized carbons (Fsp3) is 0.235. The summed E-state index contributed by atoms with van der Waals surface area (Å²) in [6.07, 6.45) is 0.802. The van der Waals surface area contributed by atoms with E-state index < -0.39 is 5.54 Å². The number of anilines is 2. The molecule has 0 saturated carbocycles. The zero-order valence-corrected chi connectivity index (χ0v) is 11.1. The third-order valence-electron chi connectivity index (χ3n) is 4.39.